The highest BCUT2D eigenvalue weighted by Gasteiger charge is 2.29. The normalized spacial score (nSPS) is 16.2. The lowest BCUT2D eigenvalue weighted by Gasteiger charge is -2.19. The zero-order chi connectivity index (χ0) is 22.1. The number of amides is 1. The van der Waals surface area contributed by atoms with Gasteiger partial charge in [-0.25, -0.2) is 8.42 Å². The minimum absolute atomic E-state index is 0.131. The van der Waals surface area contributed by atoms with E-state index in [1.165, 1.54) is 4.31 Å². The number of hydrogen-bond donors (Lipinski definition) is 1. The van der Waals surface area contributed by atoms with E-state index in [1.807, 2.05) is 60.7 Å². The summed E-state index contributed by atoms with van der Waals surface area (Å²) in [5.41, 5.74) is 2.54. The standard InChI is InChI=1S/C25H22N2O4S/c28-25(20-11-6-12-21(16-20)27-14-7-15-32(27,29)30)26-24(18-8-2-1-3-9-18)23-17-19-10-4-5-13-22(19)31-23/h1-6,8-13,16-17,24H,7,14-15H2,(H,26,28). The van der Waals surface area contributed by atoms with Gasteiger partial charge in [0.1, 0.15) is 17.4 Å². The first-order chi connectivity index (χ1) is 15.5. The molecule has 6 nitrogen and oxygen atoms in total. The number of sulfonamides is 1. The van der Waals surface area contributed by atoms with Crippen LogP contribution in [0.5, 0.6) is 0 Å². The molecule has 0 aliphatic carbocycles. The number of para-hydroxylation sites is 1. The highest BCUT2D eigenvalue weighted by molar-refractivity contribution is 7.93. The molecule has 2 heterocycles. The summed E-state index contributed by atoms with van der Waals surface area (Å²) in [4.78, 5) is 13.2. The Kier molecular flexibility index (Phi) is 5.19. The van der Waals surface area contributed by atoms with Crippen LogP contribution in [0.15, 0.2) is 89.3 Å². The Balaban J connectivity index is 1.48. The predicted octanol–water partition coefficient (Wildman–Crippen LogP) is 4.49. The van der Waals surface area contributed by atoms with Crippen LogP contribution in [-0.2, 0) is 10.0 Å². The fraction of sp³-hybridized carbons (Fsp3) is 0.160. The van der Waals surface area contributed by atoms with E-state index in [1.54, 1.807) is 24.3 Å². The fourth-order valence-electron chi connectivity index (χ4n) is 4.06. The maximum Gasteiger partial charge on any atom is 0.252 e. The number of nitrogens with zero attached hydrogens (tertiary/aromatic N) is 1. The van der Waals surface area contributed by atoms with Gasteiger partial charge in [0.05, 0.1) is 11.4 Å². The smallest absolute Gasteiger partial charge is 0.252 e. The summed E-state index contributed by atoms with van der Waals surface area (Å²) >= 11 is 0. The number of rotatable bonds is 5. The molecule has 5 rings (SSSR count). The summed E-state index contributed by atoms with van der Waals surface area (Å²) in [6.07, 6.45) is 0.584. The van der Waals surface area contributed by atoms with Crippen molar-refractivity contribution in [2.45, 2.75) is 12.5 Å². The first-order valence-corrected chi connectivity index (χ1v) is 12.1. The minimum atomic E-state index is -3.32. The van der Waals surface area contributed by atoms with E-state index in [2.05, 4.69) is 5.32 Å². The van der Waals surface area contributed by atoms with E-state index >= 15 is 0 Å². The number of nitrogens with one attached hydrogen (secondary N) is 1. The summed E-state index contributed by atoms with van der Waals surface area (Å²) in [5, 5.41) is 4.02. The molecule has 0 radical (unpaired) electrons. The molecular formula is C25H22N2O4S. The van der Waals surface area contributed by atoms with Crippen molar-refractivity contribution >= 4 is 32.6 Å². The molecule has 1 saturated heterocycles. The van der Waals surface area contributed by atoms with E-state index in [-0.39, 0.29) is 11.7 Å². The molecule has 1 atom stereocenters. The molecule has 1 amide bonds. The summed E-state index contributed by atoms with van der Waals surface area (Å²) < 4.78 is 32.0. The second kappa shape index (κ2) is 8.16. The first kappa shape index (κ1) is 20.3. The molecule has 7 heteroatoms. The maximum atomic E-state index is 13.2. The van der Waals surface area contributed by atoms with E-state index in [4.69, 9.17) is 4.42 Å². The van der Waals surface area contributed by atoms with E-state index in [9.17, 15) is 13.2 Å². The van der Waals surface area contributed by atoms with Crippen molar-refractivity contribution in [2.24, 2.45) is 0 Å². The van der Waals surface area contributed by atoms with E-state index < -0.39 is 16.1 Å². The molecule has 1 aliphatic rings. The third kappa shape index (κ3) is 3.87. The van der Waals surface area contributed by atoms with Crippen molar-refractivity contribution in [3.05, 3.63) is 102 Å². The Bertz CT molecular complexity index is 1350. The Hall–Kier alpha value is -3.58. The topological polar surface area (TPSA) is 79.6 Å². The molecule has 1 aliphatic heterocycles. The van der Waals surface area contributed by atoms with Crippen LogP contribution < -0.4 is 9.62 Å². The van der Waals surface area contributed by atoms with Gasteiger partial charge in [0.15, 0.2) is 0 Å². The molecule has 0 bridgehead atoms. The molecule has 162 valence electrons. The van der Waals surface area contributed by atoms with Gasteiger partial charge in [-0.1, -0.05) is 54.6 Å². The van der Waals surface area contributed by atoms with E-state index in [0.29, 0.717) is 30.0 Å². The molecule has 0 spiro atoms. The van der Waals surface area contributed by atoms with Gasteiger partial charge < -0.3 is 9.73 Å². The number of furan rings is 1. The summed E-state index contributed by atoms with van der Waals surface area (Å²) in [5.74, 6) is 0.452. The zero-order valence-electron chi connectivity index (χ0n) is 17.3. The van der Waals surface area contributed by atoms with Crippen LogP contribution in [0.4, 0.5) is 5.69 Å². The Morgan fingerprint density at radius 3 is 2.47 bits per heavy atom. The molecular weight excluding hydrogens is 424 g/mol. The van der Waals surface area contributed by atoms with Crippen LogP contribution in [0.25, 0.3) is 11.0 Å². The van der Waals surface area contributed by atoms with Crippen molar-refractivity contribution < 1.29 is 17.6 Å². The van der Waals surface area contributed by atoms with Gasteiger partial charge in [-0.2, -0.15) is 0 Å². The fourth-order valence-corrected chi connectivity index (χ4v) is 5.61. The lowest BCUT2D eigenvalue weighted by molar-refractivity contribution is 0.0939. The molecule has 4 aromatic rings. The van der Waals surface area contributed by atoms with Crippen LogP contribution in [0.3, 0.4) is 0 Å². The van der Waals surface area contributed by atoms with Crippen LogP contribution in [0.2, 0.25) is 0 Å². The van der Waals surface area contributed by atoms with Crippen molar-refractivity contribution in [1.82, 2.24) is 5.32 Å². The molecule has 32 heavy (non-hydrogen) atoms. The number of fused-ring (bicyclic) bond motifs is 1. The summed E-state index contributed by atoms with van der Waals surface area (Å²) in [7, 11) is -3.32. The van der Waals surface area contributed by atoms with Crippen molar-refractivity contribution in [1.29, 1.82) is 0 Å². The molecule has 1 aromatic heterocycles. The van der Waals surface area contributed by atoms with Gasteiger partial charge in [0.2, 0.25) is 10.0 Å². The predicted molar refractivity (Wildman–Crippen MR) is 124 cm³/mol. The van der Waals surface area contributed by atoms with Gasteiger partial charge >= 0.3 is 0 Å². The first-order valence-electron chi connectivity index (χ1n) is 10.5. The van der Waals surface area contributed by atoms with Crippen LogP contribution in [-0.4, -0.2) is 26.6 Å². The largest absolute Gasteiger partial charge is 0.459 e. The second-order valence-electron chi connectivity index (χ2n) is 7.80. The Morgan fingerprint density at radius 1 is 0.938 bits per heavy atom. The highest BCUT2D eigenvalue weighted by Crippen LogP contribution is 2.29. The quantitative estimate of drug-likeness (QED) is 0.490. The Morgan fingerprint density at radius 2 is 1.72 bits per heavy atom. The summed E-state index contributed by atoms with van der Waals surface area (Å²) in [6, 6.07) is 25.5. The third-order valence-electron chi connectivity index (χ3n) is 5.63. The average molecular weight is 447 g/mol. The molecule has 0 saturated carbocycles. The van der Waals surface area contributed by atoms with Crippen molar-refractivity contribution in [3.63, 3.8) is 0 Å². The van der Waals surface area contributed by atoms with Crippen molar-refractivity contribution in [3.8, 4) is 0 Å². The number of carbonyl (C=O) groups excluding carboxylic acids is 1. The van der Waals surface area contributed by atoms with Gasteiger partial charge in [-0.3, -0.25) is 9.10 Å². The minimum Gasteiger partial charge on any atom is -0.459 e. The van der Waals surface area contributed by atoms with Crippen LogP contribution in [0.1, 0.15) is 34.1 Å². The molecule has 1 N–H and O–H groups in total. The van der Waals surface area contributed by atoms with Gasteiger partial charge in [-0.15, -0.1) is 0 Å². The third-order valence-corrected chi connectivity index (χ3v) is 7.50. The lowest BCUT2D eigenvalue weighted by atomic mass is 10.0. The number of benzene rings is 3. The average Bonchev–Trinajstić information content (AvgIpc) is 3.40. The van der Waals surface area contributed by atoms with Crippen LogP contribution in [0, 0.1) is 0 Å². The monoisotopic (exact) mass is 446 g/mol. The van der Waals surface area contributed by atoms with E-state index in [0.717, 1.165) is 16.5 Å². The lowest BCUT2D eigenvalue weighted by Crippen LogP contribution is -2.30. The van der Waals surface area contributed by atoms with Gasteiger partial charge in [0, 0.05) is 17.5 Å². The number of anilines is 1. The molecule has 1 fully saturated rings. The zero-order valence-corrected chi connectivity index (χ0v) is 18.1. The van der Waals surface area contributed by atoms with Gasteiger partial charge in [0.25, 0.3) is 5.91 Å². The van der Waals surface area contributed by atoms with Crippen molar-refractivity contribution in [2.75, 3.05) is 16.6 Å². The maximum absolute atomic E-state index is 13.2. The van der Waals surface area contributed by atoms with Gasteiger partial charge in [-0.05, 0) is 42.3 Å². The molecule has 1 unspecified atom stereocenters. The van der Waals surface area contributed by atoms with Crippen LogP contribution >= 0.6 is 0 Å². The SMILES string of the molecule is O=C(NC(c1ccccc1)c1cc2ccccc2o1)c1cccc(N2CCCS2(=O)=O)c1. The second-order valence-corrected chi connectivity index (χ2v) is 9.81. The number of carbonyl (C=O) groups is 1. The Labute approximate surface area is 186 Å². The summed E-state index contributed by atoms with van der Waals surface area (Å²) in [6.45, 7) is 0.430. The highest BCUT2D eigenvalue weighted by atomic mass is 32.2. The molecule has 3 aromatic carbocycles. The number of hydrogen-bond acceptors (Lipinski definition) is 4.